The first-order chi connectivity index (χ1) is 10.5. The van der Waals surface area contributed by atoms with Crippen molar-refractivity contribution in [1.29, 1.82) is 0 Å². The SMILES string of the molecule is CNCCC(Cc1cccc(C(F)(F)F)c1)c1ccccc1. The minimum Gasteiger partial charge on any atom is -0.320 e. The molecule has 2 rings (SSSR count). The third-order valence-corrected chi connectivity index (χ3v) is 3.75. The Balaban J connectivity index is 2.20. The second-order valence-electron chi connectivity index (χ2n) is 5.40. The van der Waals surface area contributed by atoms with E-state index in [1.807, 2.05) is 37.4 Å². The highest BCUT2D eigenvalue weighted by atomic mass is 19.4. The van der Waals surface area contributed by atoms with Crippen molar-refractivity contribution in [2.75, 3.05) is 13.6 Å². The van der Waals surface area contributed by atoms with Crippen LogP contribution in [-0.4, -0.2) is 13.6 Å². The van der Waals surface area contributed by atoms with Crippen molar-refractivity contribution in [3.63, 3.8) is 0 Å². The maximum absolute atomic E-state index is 12.8. The van der Waals surface area contributed by atoms with Gasteiger partial charge in [0.1, 0.15) is 0 Å². The summed E-state index contributed by atoms with van der Waals surface area (Å²) in [6.07, 6.45) is -2.80. The summed E-state index contributed by atoms with van der Waals surface area (Å²) in [5, 5.41) is 3.11. The van der Waals surface area contributed by atoms with Gasteiger partial charge in [-0.15, -0.1) is 0 Å². The second-order valence-corrected chi connectivity index (χ2v) is 5.40. The molecule has 1 atom stereocenters. The van der Waals surface area contributed by atoms with Crippen molar-refractivity contribution >= 4 is 0 Å². The van der Waals surface area contributed by atoms with Gasteiger partial charge in [0, 0.05) is 0 Å². The molecule has 2 aromatic carbocycles. The number of rotatable bonds is 6. The topological polar surface area (TPSA) is 12.0 Å². The predicted molar refractivity (Wildman–Crippen MR) is 82.9 cm³/mol. The van der Waals surface area contributed by atoms with Gasteiger partial charge >= 0.3 is 6.18 Å². The molecule has 0 fully saturated rings. The average Bonchev–Trinajstić information content (AvgIpc) is 2.52. The van der Waals surface area contributed by atoms with Crippen LogP contribution in [0.4, 0.5) is 13.2 Å². The number of alkyl halides is 3. The third-order valence-electron chi connectivity index (χ3n) is 3.75. The second kappa shape index (κ2) is 7.45. The Morgan fingerprint density at radius 1 is 1.00 bits per heavy atom. The minimum atomic E-state index is -4.29. The van der Waals surface area contributed by atoms with E-state index in [0.717, 1.165) is 30.2 Å². The summed E-state index contributed by atoms with van der Waals surface area (Å²) < 4.78 is 38.5. The third kappa shape index (κ3) is 4.60. The molecule has 0 heterocycles. The molecule has 1 unspecified atom stereocenters. The maximum atomic E-state index is 12.8. The monoisotopic (exact) mass is 307 g/mol. The molecule has 0 aliphatic rings. The molecule has 0 bridgehead atoms. The maximum Gasteiger partial charge on any atom is 0.416 e. The van der Waals surface area contributed by atoms with Gasteiger partial charge < -0.3 is 5.32 Å². The van der Waals surface area contributed by atoms with Crippen LogP contribution in [0, 0.1) is 0 Å². The van der Waals surface area contributed by atoms with Crippen LogP contribution in [0.15, 0.2) is 54.6 Å². The Morgan fingerprint density at radius 3 is 2.36 bits per heavy atom. The molecule has 1 N–H and O–H groups in total. The number of hydrogen-bond acceptors (Lipinski definition) is 1. The summed E-state index contributed by atoms with van der Waals surface area (Å²) in [6.45, 7) is 0.832. The molecule has 118 valence electrons. The lowest BCUT2D eigenvalue weighted by Gasteiger charge is -2.18. The summed E-state index contributed by atoms with van der Waals surface area (Å²) in [6, 6.07) is 15.6. The Kier molecular flexibility index (Phi) is 5.61. The number of halogens is 3. The van der Waals surface area contributed by atoms with Crippen LogP contribution in [0.3, 0.4) is 0 Å². The van der Waals surface area contributed by atoms with E-state index < -0.39 is 11.7 Å². The van der Waals surface area contributed by atoms with Gasteiger partial charge in [-0.05, 0) is 49.5 Å². The van der Waals surface area contributed by atoms with Crippen molar-refractivity contribution in [2.45, 2.75) is 24.9 Å². The van der Waals surface area contributed by atoms with E-state index in [2.05, 4.69) is 5.32 Å². The average molecular weight is 307 g/mol. The summed E-state index contributed by atoms with van der Waals surface area (Å²) in [4.78, 5) is 0. The molecule has 0 spiro atoms. The highest BCUT2D eigenvalue weighted by Gasteiger charge is 2.30. The quantitative estimate of drug-likeness (QED) is 0.819. The van der Waals surface area contributed by atoms with Gasteiger partial charge in [-0.1, -0.05) is 48.5 Å². The fraction of sp³-hybridized carbons (Fsp3) is 0.333. The fourth-order valence-electron chi connectivity index (χ4n) is 2.59. The lowest BCUT2D eigenvalue weighted by Crippen LogP contribution is -2.14. The molecule has 2 aromatic rings. The van der Waals surface area contributed by atoms with Crippen molar-refractivity contribution in [3.05, 3.63) is 71.3 Å². The van der Waals surface area contributed by atoms with Crippen LogP contribution >= 0.6 is 0 Å². The van der Waals surface area contributed by atoms with Crippen LogP contribution in [0.5, 0.6) is 0 Å². The summed E-state index contributed by atoms with van der Waals surface area (Å²) in [5.74, 6) is 0.206. The van der Waals surface area contributed by atoms with Gasteiger partial charge in [0.15, 0.2) is 0 Å². The van der Waals surface area contributed by atoms with Gasteiger partial charge in [-0.2, -0.15) is 13.2 Å². The van der Waals surface area contributed by atoms with Crippen LogP contribution in [-0.2, 0) is 12.6 Å². The zero-order chi connectivity index (χ0) is 16.0. The molecule has 0 saturated heterocycles. The van der Waals surface area contributed by atoms with Crippen LogP contribution in [0.25, 0.3) is 0 Å². The van der Waals surface area contributed by atoms with Gasteiger partial charge in [-0.3, -0.25) is 0 Å². The van der Waals surface area contributed by atoms with Crippen molar-refractivity contribution in [1.82, 2.24) is 5.32 Å². The highest BCUT2D eigenvalue weighted by molar-refractivity contribution is 5.29. The van der Waals surface area contributed by atoms with Gasteiger partial charge in [0.05, 0.1) is 5.56 Å². The molecule has 0 radical (unpaired) electrons. The van der Waals surface area contributed by atoms with E-state index in [1.54, 1.807) is 6.07 Å². The summed E-state index contributed by atoms with van der Waals surface area (Å²) in [5.41, 5.74) is 1.31. The number of hydrogen-bond donors (Lipinski definition) is 1. The van der Waals surface area contributed by atoms with E-state index in [1.165, 1.54) is 12.1 Å². The van der Waals surface area contributed by atoms with Crippen molar-refractivity contribution in [2.24, 2.45) is 0 Å². The zero-order valence-electron chi connectivity index (χ0n) is 12.5. The van der Waals surface area contributed by atoms with Crippen molar-refractivity contribution < 1.29 is 13.2 Å². The molecule has 0 amide bonds. The molecule has 0 aromatic heterocycles. The lowest BCUT2D eigenvalue weighted by atomic mass is 9.89. The number of benzene rings is 2. The zero-order valence-corrected chi connectivity index (χ0v) is 12.5. The predicted octanol–water partition coefficient (Wildman–Crippen LogP) is 4.64. The van der Waals surface area contributed by atoms with E-state index in [0.29, 0.717) is 6.42 Å². The normalized spacial score (nSPS) is 13.1. The highest BCUT2D eigenvalue weighted by Crippen LogP contribution is 2.31. The lowest BCUT2D eigenvalue weighted by molar-refractivity contribution is -0.137. The first-order valence-electron chi connectivity index (χ1n) is 7.36. The first kappa shape index (κ1) is 16.6. The van der Waals surface area contributed by atoms with Crippen LogP contribution in [0.1, 0.15) is 29.0 Å². The molecular weight excluding hydrogens is 287 g/mol. The number of nitrogens with one attached hydrogen (secondary N) is 1. The van der Waals surface area contributed by atoms with Gasteiger partial charge in [-0.25, -0.2) is 0 Å². The minimum absolute atomic E-state index is 0.206. The Morgan fingerprint density at radius 2 is 1.73 bits per heavy atom. The van der Waals surface area contributed by atoms with Gasteiger partial charge in [0.2, 0.25) is 0 Å². The Bertz CT molecular complexity index is 578. The van der Waals surface area contributed by atoms with Crippen molar-refractivity contribution in [3.8, 4) is 0 Å². The summed E-state index contributed by atoms with van der Waals surface area (Å²) >= 11 is 0. The molecule has 4 heteroatoms. The van der Waals surface area contributed by atoms with Gasteiger partial charge in [0.25, 0.3) is 0 Å². The Labute approximate surface area is 129 Å². The fourth-order valence-corrected chi connectivity index (χ4v) is 2.59. The molecule has 22 heavy (non-hydrogen) atoms. The van der Waals surface area contributed by atoms with Crippen LogP contribution in [0.2, 0.25) is 0 Å². The molecule has 1 nitrogen and oxygen atoms in total. The van der Waals surface area contributed by atoms with E-state index in [-0.39, 0.29) is 5.92 Å². The standard InChI is InChI=1S/C18H20F3N/c1-22-11-10-16(15-7-3-2-4-8-15)12-14-6-5-9-17(13-14)18(19,20)21/h2-9,13,16,22H,10-12H2,1H3. The largest absolute Gasteiger partial charge is 0.416 e. The first-order valence-corrected chi connectivity index (χ1v) is 7.36. The Hall–Kier alpha value is -1.81. The molecular formula is C18H20F3N. The van der Waals surface area contributed by atoms with E-state index >= 15 is 0 Å². The summed E-state index contributed by atoms with van der Waals surface area (Å²) in [7, 11) is 1.88. The van der Waals surface area contributed by atoms with Crippen LogP contribution < -0.4 is 5.32 Å². The van der Waals surface area contributed by atoms with E-state index in [4.69, 9.17) is 0 Å². The molecule has 0 saturated carbocycles. The molecule has 0 aliphatic carbocycles. The smallest absolute Gasteiger partial charge is 0.320 e. The molecule has 0 aliphatic heterocycles. The van der Waals surface area contributed by atoms with E-state index in [9.17, 15) is 13.2 Å².